The van der Waals surface area contributed by atoms with E-state index >= 15 is 0 Å². The molecule has 0 atom stereocenters. The van der Waals surface area contributed by atoms with Crippen molar-refractivity contribution in [2.24, 2.45) is 0 Å². The Kier molecular flexibility index (Phi) is 4.48. The van der Waals surface area contributed by atoms with Crippen LogP contribution in [0.3, 0.4) is 0 Å². The molecule has 0 fully saturated rings. The fourth-order valence-electron chi connectivity index (χ4n) is 2.40. The fourth-order valence-corrected chi connectivity index (χ4v) is 2.63. The predicted octanol–water partition coefficient (Wildman–Crippen LogP) is 3.92. The summed E-state index contributed by atoms with van der Waals surface area (Å²) in [6.45, 7) is 1.88. The lowest BCUT2D eigenvalue weighted by molar-refractivity contribution is 0.415. The summed E-state index contributed by atoms with van der Waals surface area (Å²) in [5, 5.41) is 7.48. The number of benzene rings is 2. The molecule has 0 aliphatic carbocycles. The number of fused-ring (bicyclic) bond motifs is 1. The number of anilines is 2. The molecular formula is C18H16N2O3S. The molecule has 3 rings (SSSR count). The van der Waals surface area contributed by atoms with Gasteiger partial charge in [0.2, 0.25) is 0 Å². The predicted molar refractivity (Wildman–Crippen MR) is 100 cm³/mol. The minimum Gasteiger partial charge on any atom is -0.497 e. The van der Waals surface area contributed by atoms with E-state index in [2.05, 4.69) is 10.6 Å². The highest BCUT2D eigenvalue weighted by Crippen LogP contribution is 2.21. The van der Waals surface area contributed by atoms with Gasteiger partial charge in [-0.25, -0.2) is 4.79 Å². The summed E-state index contributed by atoms with van der Waals surface area (Å²) in [5.41, 5.74) is 2.58. The normalized spacial score (nSPS) is 10.4. The number of hydrogen-bond donors (Lipinski definition) is 2. The van der Waals surface area contributed by atoms with Crippen LogP contribution in [0.15, 0.2) is 57.7 Å². The van der Waals surface area contributed by atoms with Crippen LogP contribution in [-0.4, -0.2) is 12.2 Å². The number of aryl methyl sites for hydroxylation is 1. The molecule has 1 aromatic heterocycles. The molecule has 0 bridgehead atoms. The monoisotopic (exact) mass is 340 g/mol. The quantitative estimate of drug-likeness (QED) is 0.557. The van der Waals surface area contributed by atoms with Crippen LogP contribution in [0.1, 0.15) is 5.56 Å². The molecule has 6 heteroatoms. The maximum Gasteiger partial charge on any atom is 0.336 e. The maximum atomic E-state index is 11.5. The Morgan fingerprint density at radius 3 is 2.58 bits per heavy atom. The summed E-state index contributed by atoms with van der Waals surface area (Å²) < 4.78 is 10.4. The molecule has 0 amide bonds. The Morgan fingerprint density at radius 2 is 1.83 bits per heavy atom. The highest BCUT2D eigenvalue weighted by Gasteiger charge is 2.05. The molecule has 122 valence electrons. The number of nitrogens with one attached hydrogen (secondary N) is 2. The molecule has 0 unspecified atom stereocenters. The minimum atomic E-state index is -0.366. The van der Waals surface area contributed by atoms with Crippen molar-refractivity contribution in [3.05, 3.63) is 64.5 Å². The first-order valence-corrected chi connectivity index (χ1v) is 7.72. The summed E-state index contributed by atoms with van der Waals surface area (Å²) in [5.74, 6) is 0.741. The Balaban J connectivity index is 1.78. The third-order valence-electron chi connectivity index (χ3n) is 3.54. The van der Waals surface area contributed by atoms with Crippen LogP contribution in [0.4, 0.5) is 11.4 Å². The highest BCUT2D eigenvalue weighted by atomic mass is 32.1. The second-order valence-corrected chi connectivity index (χ2v) is 5.68. The Hall–Kier alpha value is -2.86. The lowest BCUT2D eigenvalue weighted by Crippen LogP contribution is -2.19. The third kappa shape index (κ3) is 3.55. The van der Waals surface area contributed by atoms with Crippen LogP contribution >= 0.6 is 12.2 Å². The topological polar surface area (TPSA) is 63.5 Å². The van der Waals surface area contributed by atoms with Gasteiger partial charge in [-0.2, -0.15) is 0 Å². The molecule has 0 saturated heterocycles. The molecule has 0 radical (unpaired) electrons. The Morgan fingerprint density at radius 1 is 1.08 bits per heavy atom. The highest BCUT2D eigenvalue weighted by molar-refractivity contribution is 7.80. The van der Waals surface area contributed by atoms with Gasteiger partial charge in [-0.1, -0.05) is 6.07 Å². The van der Waals surface area contributed by atoms with Crippen molar-refractivity contribution in [2.75, 3.05) is 17.7 Å². The molecule has 0 saturated carbocycles. The van der Waals surface area contributed by atoms with E-state index in [-0.39, 0.29) is 5.63 Å². The van der Waals surface area contributed by atoms with Crippen LogP contribution in [-0.2, 0) is 0 Å². The van der Waals surface area contributed by atoms with E-state index in [4.69, 9.17) is 21.4 Å². The largest absolute Gasteiger partial charge is 0.497 e. The average molecular weight is 340 g/mol. The van der Waals surface area contributed by atoms with Gasteiger partial charge in [0.15, 0.2) is 5.11 Å². The van der Waals surface area contributed by atoms with E-state index in [0.29, 0.717) is 10.7 Å². The molecule has 2 aromatic carbocycles. The van der Waals surface area contributed by atoms with Crippen molar-refractivity contribution in [2.45, 2.75) is 6.92 Å². The Bertz CT molecular complexity index is 966. The molecule has 0 aliphatic heterocycles. The van der Waals surface area contributed by atoms with Crippen LogP contribution in [0.25, 0.3) is 11.0 Å². The van der Waals surface area contributed by atoms with Gasteiger partial charge >= 0.3 is 5.63 Å². The second-order valence-electron chi connectivity index (χ2n) is 5.27. The first-order chi connectivity index (χ1) is 11.5. The molecule has 2 N–H and O–H groups in total. The Labute approximate surface area is 144 Å². The average Bonchev–Trinajstić information content (AvgIpc) is 2.54. The number of rotatable bonds is 3. The van der Waals surface area contributed by atoms with Gasteiger partial charge in [0.25, 0.3) is 0 Å². The lowest BCUT2D eigenvalue weighted by atomic mass is 10.1. The number of methoxy groups -OCH3 is 1. The van der Waals surface area contributed by atoms with E-state index in [1.807, 2.05) is 43.3 Å². The van der Waals surface area contributed by atoms with Crippen LogP contribution in [0, 0.1) is 6.92 Å². The van der Waals surface area contributed by atoms with Crippen LogP contribution < -0.4 is 21.0 Å². The van der Waals surface area contributed by atoms with Gasteiger partial charge in [-0.3, -0.25) is 0 Å². The minimum absolute atomic E-state index is 0.366. The van der Waals surface area contributed by atoms with E-state index in [1.54, 1.807) is 13.2 Å². The number of hydrogen-bond acceptors (Lipinski definition) is 4. The molecular weight excluding hydrogens is 324 g/mol. The van der Waals surface area contributed by atoms with Crippen LogP contribution in [0.5, 0.6) is 5.75 Å². The number of ether oxygens (including phenoxy) is 1. The SMILES string of the molecule is COc1cccc(NC(=S)Nc2ccc3c(C)cc(=O)oc3c2)c1. The van der Waals surface area contributed by atoms with Gasteiger partial charge in [-0.05, 0) is 49.0 Å². The molecule has 1 heterocycles. The van der Waals surface area contributed by atoms with Crippen molar-refractivity contribution in [1.82, 2.24) is 0 Å². The van der Waals surface area contributed by atoms with E-state index < -0.39 is 0 Å². The lowest BCUT2D eigenvalue weighted by Gasteiger charge is -2.12. The first-order valence-electron chi connectivity index (χ1n) is 7.32. The smallest absolute Gasteiger partial charge is 0.336 e. The van der Waals surface area contributed by atoms with E-state index in [0.717, 1.165) is 28.1 Å². The van der Waals surface area contributed by atoms with Gasteiger partial charge in [0.1, 0.15) is 11.3 Å². The second kappa shape index (κ2) is 6.72. The van der Waals surface area contributed by atoms with Crippen molar-refractivity contribution >= 4 is 39.7 Å². The standard InChI is InChI=1S/C18H16N2O3S/c1-11-8-17(21)23-16-10-13(6-7-15(11)16)20-18(24)19-12-4-3-5-14(9-12)22-2/h3-10H,1-2H3,(H2,19,20,24). The zero-order valence-electron chi connectivity index (χ0n) is 13.3. The summed E-state index contributed by atoms with van der Waals surface area (Å²) in [4.78, 5) is 11.5. The van der Waals surface area contributed by atoms with Crippen molar-refractivity contribution in [3.63, 3.8) is 0 Å². The molecule has 5 nitrogen and oxygen atoms in total. The molecule has 0 spiro atoms. The van der Waals surface area contributed by atoms with Crippen molar-refractivity contribution in [3.8, 4) is 5.75 Å². The summed E-state index contributed by atoms with van der Waals surface area (Å²) >= 11 is 5.32. The van der Waals surface area contributed by atoms with Crippen molar-refractivity contribution in [1.29, 1.82) is 0 Å². The summed E-state index contributed by atoms with van der Waals surface area (Å²) in [6.07, 6.45) is 0. The summed E-state index contributed by atoms with van der Waals surface area (Å²) in [7, 11) is 1.61. The van der Waals surface area contributed by atoms with Gasteiger partial charge in [0.05, 0.1) is 7.11 Å². The zero-order valence-corrected chi connectivity index (χ0v) is 14.1. The molecule has 24 heavy (non-hydrogen) atoms. The van der Waals surface area contributed by atoms with Crippen LogP contribution in [0.2, 0.25) is 0 Å². The van der Waals surface area contributed by atoms with E-state index in [9.17, 15) is 4.79 Å². The first kappa shape index (κ1) is 16.0. The van der Waals surface area contributed by atoms with E-state index in [1.165, 1.54) is 6.07 Å². The molecule has 0 aliphatic rings. The maximum absolute atomic E-state index is 11.5. The third-order valence-corrected chi connectivity index (χ3v) is 3.74. The molecule has 3 aromatic rings. The zero-order chi connectivity index (χ0) is 17.1. The number of thiocarbonyl (C=S) groups is 1. The fraction of sp³-hybridized carbons (Fsp3) is 0.111. The van der Waals surface area contributed by atoms with Gasteiger partial charge in [-0.15, -0.1) is 0 Å². The van der Waals surface area contributed by atoms with Gasteiger partial charge in [0, 0.05) is 35.0 Å². The van der Waals surface area contributed by atoms with Gasteiger partial charge < -0.3 is 19.8 Å². The summed E-state index contributed by atoms with van der Waals surface area (Å²) in [6, 6.07) is 14.5. The van der Waals surface area contributed by atoms with Crippen molar-refractivity contribution < 1.29 is 9.15 Å².